The van der Waals surface area contributed by atoms with Crippen LogP contribution < -0.4 is 10.1 Å². The first-order valence-corrected chi connectivity index (χ1v) is 7.36. The predicted octanol–water partition coefficient (Wildman–Crippen LogP) is 3.25. The van der Waals surface area contributed by atoms with Gasteiger partial charge in [0.1, 0.15) is 5.01 Å². The molecule has 0 atom stereocenters. The second-order valence-electron chi connectivity index (χ2n) is 4.84. The van der Waals surface area contributed by atoms with E-state index in [0.29, 0.717) is 5.13 Å². The second-order valence-corrected chi connectivity index (χ2v) is 5.85. The number of alkyl halides is 3. The van der Waals surface area contributed by atoms with Gasteiger partial charge in [-0.05, 0) is 6.07 Å². The summed E-state index contributed by atoms with van der Waals surface area (Å²) in [6.45, 7) is 2.47. The first-order valence-electron chi connectivity index (χ1n) is 6.55. The molecular formula is C13H13F3N4O2S. The fourth-order valence-electron chi connectivity index (χ4n) is 1.44. The predicted molar refractivity (Wildman–Crippen MR) is 77.7 cm³/mol. The number of rotatable bonds is 5. The van der Waals surface area contributed by atoms with Gasteiger partial charge in [-0.15, -0.1) is 10.2 Å². The summed E-state index contributed by atoms with van der Waals surface area (Å²) < 4.78 is 40.5. The smallest absolute Gasteiger partial charge is 0.422 e. The third-order valence-corrected chi connectivity index (χ3v) is 3.68. The molecule has 124 valence electrons. The van der Waals surface area contributed by atoms with Crippen LogP contribution in [-0.4, -0.2) is 33.9 Å². The van der Waals surface area contributed by atoms with Crippen molar-refractivity contribution in [3.8, 4) is 5.88 Å². The van der Waals surface area contributed by atoms with E-state index in [9.17, 15) is 18.0 Å². The third-order valence-electron chi connectivity index (χ3n) is 2.54. The normalized spacial score (nSPS) is 11.6. The summed E-state index contributed by atoms with van der Waals surface area (Å²) in [5, 5.41) is 11.5. The summed E-state index contributed by atoms with van der Waals surface area (Å²) in [6, 6.07) is 2.51. The van der Waals surface area contributed by atoms with Gasteiger partial charge in [0.25, 0.3) is 5.91 Å². The van der Waals surface area contributed by atoms with E-state index in [1.165, 1.54) is 23.5 Å². The van der Waals surface area contributed by atoms with Gasteiger partial charge in [-0.2, -0.15) is 13.2 Å². The molecule has 0 aliphatic heterocycles. The Kier molecular flexibility index (Phi) is 5.14. The lowest BCUT2D eigenvalue weighted by Gasteiger charge is -2.08. The number of carbonyl (C=O) groups excluding carboxylic acids is 1. The second kappa shape index (κ2) is 6.90. The molecular weight excluding hydrogens is 333 g/mol. The minimum atomic E-state index is -4.44. The first-order chi connectivity index (χ1) is 10.7. The van der Waals surface area contributed by atoms with Crippen LogP contribution >= 0.6 is 11.3 Å². The quantitative estimate of drug-likeness (QED) is 0.899. The lowest BCUT2D eigenvalue weighted by molar-refractivity contribution is -0.154. The van der Waals surface area contributed by atoms with Crippen molar-refractivity contribution in [1.82, 2.24) is 15.2 Å². The van der Waals surface area contributed by atoms with Crippen molar-refractivity contribution < 1.29 is 22.7 Å². The molecule has 1 N–H and O–H groups in total. The molecule has 0 unspecified atom stereocenters. The maximum Gasteiger partial charge on any atom is 0.422 e. The Bertz CT molecular complexity index is 671. The van der Waals surface area contributed by atoms with Crippen LogP contribution in [0.5, 0.6) is 5.88 Å². The Morgan fingerprint density at radius 3 is 2.61 bits per heavy atom. The summed E-state index contributed by atoms with van der Waals surface area (Å²) in [6.07, 6.45) is -3.31. The van der Waals surface area contributed by atoms with Crippen molar-refractivity contribution in [2.45, 2.75) is 25.9 Å². The zero-order valence-corrected chi connectivity index (χ0v) is 13.0. The van der Waals surface area contributed by atoms with Crippen LogP contribution in [0, 0.1) is 0 Å². The van der Waals surface area contributed by atoms with Crippen molar-refractivity contribution in [3.05, 3.63) is 28.9 Å². The molecule has 23 heavy (non-hydrogen) atoms. The van der Waals surface area contributed by atoms with Gasteiger partial charge in [-0.3, -0.25) is 10.1 Å². The summed E-state index contributed by atoms with van der Waals surface area (Å²) >= 11 is 1.25. The largest absolute Gasteiger partial charge is 0.468 e. The van der Waals surface area contributed by atoms with Gasteiger partial charge in [0, 0.05) is 18.2 Å². The van der Waals surface area contributed by atoms with Crippen LogP contribution in [0.4, 0.5) is 18.3 Å². The highest BCUT2D eigenvalue weighted by Crippen LogP contribution is 2.23. The zero-order valence-electron chi connectivity index (χ0n) is 12.2. The third kappa shape index (κ3) is 5.16. The first kappa shape index (κ1) is 17.1. The number of ether oxygens (including phenoxy) is 1. The van der Waals surface area contributed by atoms with Crippen LogP contribution in [-0.2, 0) is 0 Å². The van der Waals surface area contributed by atoms with E-state index in [0.717, 1.165) is 11.2 Å². The number of hydrogen-bond donors (Lipinski definition) is 1. The Morgan fingerprint density at radius 1 is 1.35 bits per heavy atom. The monoisotopic (exact) mass is 346 g/mol. The molecule has 2 rings (SSSR count). The molecule has 0 spiro atoms. The fraction of sp³-hybridized carbons (Fsp3) is 0.385. The van der Waals surface area contributed by atoms with Gasteiger partial charge < -0.3 is 4.74 Å². The van der Waals surface area contributed by atoms with Gasteiger partial charge in [-0.1, -0.05) is 25.2 Å². The van der Waals surface area contributed by atoms with E-state index in [-0.39, 0.29) is 17.4 Å². The molecule has 0 aromatic carbocycles. The molecule has 0 saturated carbocycles. The number of aromatic nitrogens is 3. The number of halogens is 3. The average Bonchev–Trinajstić information content (AvgIpc) is 2.93. The maximum absolute atomic E-state index is 12.0. The number of pyridine rings is 1. The number of carbonyl (C=O) groups is 1. The highest BCUT2D eigenvalue weighted by molar-refractivity contribution is 7.15. The number of amides is 1. The number of hydrogen-bond acceptors (Lipinski definition) is 6. The number of nitrogens with one attached hydrogen (secondary N) is 1. The van der Waals surface area contributed by atoms with Crippen molar-refractivity contribution in [2.75, 3.05) is 11.9 Å². The van der Waals surface area contributed by atoms with Gasteiger partial charge in [-0.25, -0.2) is 4.98 Å². The van der Waals surface area contributed by atoms with E-state index in [1.807, 2.05) is 13.8 Å². The molecule has 0 aliphatic carbocycles. The van der Waals surface area contributed by atoms with Gasteiger partial charge in [0.05, 0.1) is 5.56 Å². The van der Waals surface area contributed by atoms with Crippen LogP contribution in [0.15, 0.2) is 18.3 Å². The molecule has 10 heteroatoms. The lowest BCUT2D eigenvalue weighted by Crippen LogP contribution is -2.19. The molecule has 0 aliphatic rings. The van der Waals surface area contributed by atoms with Crippen LogP contribution in [0.3, 0.4) is 0 Å². The van der Waals surface area contributed by atoms with Crippen molar-refractivity contribution >= 4 is 22.4 Å². The van der Waals surface area contributed by atoms with Crippen molar-refractivity contribution in [1.29, 1.82) is 0 Å². The SMILES string of the molecule is CC(C)c1nnc(NC(=O)c2ccc(OCC(F)(F)F)nc2)s1. The van der Waals surface area contributed by atoms with E-state index in [1.54, 1.807) is 0 Å². The van der Waals surface area contributed by atoms with Crippen molar-refractivity contribution in [2.24, 2.45) is 0 Å². The minimum Gasteiger partial charge on any atom is -0.468 e. The lowest BCUT2D eigenvalue weighted by atomic mass is 10.2. The topological polar surface area (TPSA) is 77.0 Å². The molecule has 6 nitrogen and oxygen atoms in total. The molecule has 0 radical (unpaired) electrons. The van der Waals surface area contributed by atoms with E-state index >= 15 is 0 Å². The molecule has 1 amide bonds. The van der Waals surface area contributed by atoms with Gasteiger partial charge in [0.15, 0.2) is 6.61 Å². The van der Waals surface area contributed by atoms with Gasteiger partial charge >= 0.3 is 6.18 Å². The van der Waals surface area contributed by atoms with E-state index in [2.05, 4.69) is 25.2 Å². The molecule has 0 saturated heterocycles. The standard InChI is InChI=1S/C13H13F3N4O2S/c1-7(2)11-19-20-12(23-11)18-10(21)8-3-4-9(17-5-8)22-6-13(14,15)16/h3-5,7H,6H2,1-2H3,(H,18,20,21). The Morgan fingerprint density at radius 2 is 2.09 bits per heavy atom. The van der Waals surface area contributed by atoms with Crippen LogP contribution in [0.2, 0.25) is 0 Å². The average molecular weight is 346 g/mol. The van der Waals surface area contributed by atoms with Crippen LogP contribution in [0.25, 0.3) is 0 Å². The summed E-state index contributed by atoms with van der Waals surface area (Å²) in [4.78, 5) is 15.7. The summed E-state index contributed by atoms with van der Waals surface area (Å²) in [5.41, 5.74) is 0.172. The molecule has 0 fully saturated rings. The number of anilines is 1. The molecule has 2 heterocycles. The molecule has 2 aromatic rings. The minimum absolute atomic E-state index is 0.172. The summed E-state index contributed by atoms with van der Waals surface area (Å²) in [5.74, 6) is -0.493. The highest BCUT2D eigenvalue weighted by atomic mass is 32.1. The Balaban J connectivity index is 1.96. The maximum atomic E-state index is 12.0. The summed E-state index contributed by atoms with van der Waals surface area (Å²) in [7, 11) is 0. The Hall–Kier alpha value is -2.23. The fourth-order valence-corrected chi connectivity index (χ4v) is 2.18. The molecule has 0 bridgehead atoms. The van der Waals surface area contributed by atoms with Crippen LogP contribution in [0.1, 0.15) is 35.1 Å². The molecule has 2 aromatic heterocycles. The van der Waals surface area contributed by atoms with Gasteiger partial charge in [0.2, 0.25) is 11.0 Å². The van der Waals surface area contributed by atoms with E-state index in [4.69, 9.17) is 0 Å². The zero-order chi connectivity index (χ0) is 17.0. The highest BCUT2D eigenvalue weighted by Gasteiger charge is 2.28. The van der Waals surface area contributed by atoms with Crippen molar-refractivity contribution in [3.63, 3.8) is 0 Å². The Labute approximate surface area is 133 Å². The van der Waals surface area contributed by atoms with E-state index < -0.39 is 18.7 Å². The number of nitrogens with zero attached hydrogens (tertiary/aromatic N) is 3.